The van der Waals surface area contributed by atoms with Crippen molar-refractivity contribution >= 4 is 11.8 Å². The van der Waals surface area contributed by atoms with Crippen molar-refractivity contribution in [1.82, 2.24) is 19.8 Å². The fourth-order valence-corrected chi connectivity index (χ4v) is 3.37. The van der Waals surface area contributed by atoms with Crippen molar-refractivity contribution in [3.05, 3.63) is 29.7 Å². The Hall–Kier alpha value is -2.19. The summed E-state index contributed by atoms with van der Waals surface area (Å²) in [5.74, 6) is 0.717. The van der Waals surface area contributed by atoms with Gasteiger partial charge >= 0.3 is 0 Å². The van der Waals surface area contributed by atoms with E-state index in [-0.39, 0.29) is 18.6 Å². The molecule has 0 aliphatic carbocycles. The van der Waals surface area contributed by atoms with E-state index in [1.807, 2.05) is 24.6 Å². The first-order valence-electron chi connectivity index (χ1n) is 8.69. The number of nitrogens with zero attached hydrogens (tertiary/aromatic N) is 4. The minimum atomic E-state index is -0.228. The Morgan fingerprint density at radius 2 is 2.24 bits per heavy atom. The van der Waals surface area contributed by atoms with Gasteiger partial charge in [-0.05, 0) is 45.8 Å². The second kappa shape index (κ2) is 7.79. The van der Waals surface area contributed by atoms with E-state index in [1.54, 1.807) is 12.3 Å². The maximum absolute atomic E-state index is 12.4. The van der Waals surface area contributed by atoms with Crippen LogP contribution in [0.5, 0.6) is 0 Å². The van der Waals surface area contributed by atoms with Gasteiger partial charge in [-0.3, -0.25) is 19.7 Å². The highest BCUT2D eigenvalue weighted by atomic mass is 16.5. The molecular formula is C17H25N5O3. The van der Waals surface area contributed by atoms with Gasteiger partial charge in [0.15, 0.2) is 0 Å². The first-order chi connectivity index (χ1) is 12.1. The van der Waals surface area contributed by atoms with Crippen LogP contribution in [-0.4, -0.2) is 56.6 Å². The van der Waals surface area contributed by atoms with Gasteiger partial charge in [0.05, 0.1) is 24.9 Å². The minimum Gasteiger partial charge on any atom is -0.394 e. The normalized spacial score (nSPS) is 17.6. The number of nitrogens with one attached hydrogen (secondary N) is 1. The second-order valence-electron chi connectivity index (χ2n) is 6.51. The van der Waals surface area contributed by atoms with Crippen molar-refractivity contribution in [2.45, 2.75) is 45.2 Å². The summed E-state index contributed by atoms with van der Waals surface area (Å²) >= 11 is 0. The van der Waals surface area contributed by atoms with Crippen LogP contribution in [0.2, 0.25) is 0 Å². The molecule has 1 amide bonds. The van der Waals surface area contributed by atoms with E-state index in [9.17, 15) is 4.79 Å². The van der Waals surface area contributed by atoms with Gasteiger partial charge in [-0.15, -0.1) is 0 Å². The number of likely N-dealkylation sites (tertiary alicyclic amines) is 1. The summed E-state index contributed by atoms with van der Waals surface area (Å²) in [7, 11) is 0. The Morgan fingerprint density at radius 3 is 2.88 bits per heavy atom. The molecule has 0 bridgehead atoms. The van der Waals surface area contributed by atoms with Crippen molar-refractivity contribution in [2.75, 3.05) is 25.0 Å². The summed E-state index contributed by atoms with van der Waals surface area (Å²) in [5.41, 5.74) is 1.91. The molecule has 2 aromatic rings. The highest BCUT2D eigenvalue weighted by Crippen LogP contribution is 2.28. The lowest BCUT2D eigenvalue weighted by atomic mass is 9.92. The van der Waals surface area contributed by atoms with Gasteiger partial charge in [-0.1, -0.05) is 5.16 Å². The number of carbonyl (C=O) groups is 1. The number of anilines is 1. The highest BCUT2D eigenvalue weighted by molar-refractivity contribution is 5.93. The molecule has 0 radical (unpaired) electrons. The van der Waals surface area contributed by atoms with E-state index in [0.717, 1.165) is 31.6 Å². The van der Waals surface area contributed by atoms with E-state index in [1.165, 1.54) is 5.69 Å². The first-order valence-corrected chi connectivity index (χ1v) is 8.69. The summed E-state index contributed by atoms with van der Waals surface area (Å²) in [4.78, 5) is 14.6. The summed E-state index contributed by atoms with van der Waals surface area (Å²) in [6.45, 7) is 6.03. The van der Waals surface area contributed by atoms with E-state index in [4.69, 9.17) is 9.63 Å². The van der Waals surface area contributed by atoms with E-state index in [0.29, 0.717) is 18.3 Å². The summed E-state index contributed by atoms with van der Waals surface area (Å²) in [5, 5.41) is 20.0. The number of piperidine rings is 1. The molecule has 0 spiro atoms. The molecule has 8 nitrogen and oxygen atoms in total. The van der Waals surface area contributed by atoms with Crippen LogP contribution < -0.4 is 5.32 Å². The van der Waals surface area contributed by atoms with Gasteiger partial charge in [0.2, 0.25) is 11.8 Å². The third-order valence-corrected chi connectivity index (χ3v) is 4.81. The van der Waals surface area contributed by atoms with Gasteiger partial charge in [0, 0.05) is 23.9 Å². The summed E-state index contributed by atoms with van der Waals surface area (Å²) < 4.78 is 6.92. The molecule has 2 aromatic heterocycles. The summed E-state index contributed by atoms with van der Waals surface area (Å²) in [6.07, 6.45) is 3.72. The molecule has 0 aromatic carbocycles. The Labute approximate surface area is 146 Å². The number of aryl methyl sites for hydroxylation is 1. The van der Waals surface area contributed by atoms with Crippen molar-refractivity contribution in [3.63, 3.8) is 0 Å². The van der Waals surface area contributed by atoms with Crippen LogP contribution in [0.4, 0.5) is 5.88 Å². The number of hydrogen-bond donors (Lipinski definition) is 2. The number of rotatable bonds is 6. The van der Waals surface area contributed by atoms with Crippen LogP contribution in [-0.2, 0) is 11.3 Å². The first kappa shape index (κ1) is 17.6. The molecule has 1 aliphatic rings. The van der Waals surface area contributed by atoms with Gasteiger partial charge < -0.3 is 9.63 Å². The third kappa shape index (κ3) is 4.08. The molecule has 3 rings (SSSR count). The molecule has 0 saturated carbocycles. The second-order valence-corrected chi connectivity index (χ2v) is 6.51. The van der Waals surface area contributed by atoms with E-state index in [2.05, 4.69) is 20.5 Å². The molecule has 1 fully saturated rings. The standard InChI is InChI=1S/C17H25N5O3/c1-12-11-16(25-20-12)19-17(24)13(2)21-7-4-14(5-8-21)15-3-6-18-22(15)9-10-23/h3,6,11,13-14,23H,4-5,7-10H2,1-2H3,(H,19,24). The van der Waals surface area contributed by atoms with E-state index >= 15 is 0 Å². The van der Waals surface area contributed by atoms with Crippen LogP contribution in [0.25, 0.3) is 0 Å². The number of hydrogen-bond acceptors (Lipinski definition) is 6. The molecule has 1 unspecified atom stereocenters. The van der Waals surface area contributed by atoms with Gasteiger partial charge in [0.1, 0.15) is 0 Å². The van der Waals surface area contributed by atoms with Crippen LogP contribution in [0.15, 0.2) is 22.9 Å². The van der Waals surface area contributed by atoms with Crippen LogP contribution >= 0.6 is 0 Å². The Balaban J connectivity index is 1.54. The molecule has 1 atom stereocenters. The van der Waals surface area contributed by atoms with Crippen LogP contribution in [0.1, 0.15) is 37.1 Å². The zero-order valence-corrected chi connectivity index (χ0v) is 14.7. The van der Waals surface area contributed by atoms with Crippen LogP contribution in [0.3, 0.4) is 0 Å². The SMILES string of the molecule is Cc1cc(NC(=O)C(C)N2CCC(c3ccnn3CCO)CC2)on1. The summed E-state index contributed by atoms with van der Waals surface area (Å²) in [6, 6.07) is 3.51. The quantitative estimate of drug-likeness (QED) is 0.819. The number of aromatic nitrogens is 3. The van der Waals surface area contributed by atoms with Gasteiger partial charge in [-0.2, -0.15) is 5.10 Å². The van der Waals surface area contributed by atoms with E-state index < -0.39 is 0 Å². The Morgan fingerprint density at radius 1 is 1.48 bits per heavy atom. The lowest BCUT2D eigenvalue weighted by Gasteiger charge is -2.35. The molecule has 3 heterocycles. The van der Waals surface area contributed by atoms with Crippen molar-refractivity contribution in [1.29, 1.82) is 0 Å². The lowest BCUT2D eigenvalue weighted by Crippen LogP contribution is -2.45. The average Bonchev–Trinajstić information content (AvgIpc) is 3.24. The molecule has 8 heteroatoms. The molecule has 25 heavy (non-hydrogen) atoms. The number of aliphatic hydroxyl groups is 1. The van der Waals surface area contributed by atoms with Crippen LogP contribution in [0, 0.1) is 6.92 Å². The van der Waals surface area contributed by atoms with Gasteiger partial charge in [-0.25, -0.2) is 0 Å². The molecule has 136 valence electrons. The zero-order valence-electron chi connectivity index (χ0n) is 14.7. The Kier molecular flexibility index (Phi) is 5.50. The lowest BCUT2D eigenvalue weighted by molar-refractivity contribution is -0.121. The number of carbonyl (C=O) groups excluding carboxylic acids is 1. The predicted octanol–water partition coefficient (Wildman–Crippen LogP) is 1.38. The average molecular weight is 347 g/mol. The van der Waals surface area contributed by atoms with Crippen molar-refractivity contribution < 1.29 is 14.4 Å². The van der Waals surface area contributed by atoms with Crippen molar-refractivity contribution in [3.8, 4) is 0 Å². The largest absolute Gasteiger partial charge is 0.394 e. The predicted molar refractivity (Wildman–Crippen MR) is 92.2 cm³/mol. The monoisotopic (exact) mass is 347 g/mol. The topological polar surface area (TPSA) is 96.4 Å². The molecular weight excluding hydrogens is 322 g/mol. The molecule has 2 N–H and O–H groups in total. The molecule has 1 aliphatic heterocycles. The highest BCUT2D eigenvalue weighted by Gasteiger charge is 2.29. The van der Waals surface area contributed by atoms with Crippen molar-refractivity contribution in [2.24, 2.45) is 0 Å². The fraction of sp³-hybridized carbons (Fsp3) is 0.588. The molecule has 1 saturated heterocycles. The maximum atomic E-state index is 12.4. The fourth-order valence-electron chi connectivity index (χ4n) is 3.37. The smallest absolute Gasteiger partial charge is 0.243 e. The minimum absolute atomic E-state index is 0.0834. The number of amides is 1. The number of aliphatic hydroxyl groups excluding tert-OH is 1. The van der Waals surface area contributed by atoms with Gasteiger partial charge in [0.25, 0.3) is 0 Å². The third-order valence-electron chi connectivity index (χ3n) is 4.81. The zero-order chi connectivity index (χ0) is 17.8. The Bertz CT molecular complexity index is 703. The maximum Gasteiger partial charge on any atom is 0.243 e.